The van der Waals surface area contributed by atoms with Gasteiger partial charge in [0, 0.05) is 13.5 Å². The molecule has 0 unspecified atom stereocenters. The largest absolute Gasteiger partial charge is 0.382 e. The molecule has 0 aromatic rings. The van der Waals surface area contributed by atoms with Crippen LogP contribution in [0.5, 0.6) is 0 Å². The van der Waals surface area contributed by atoms with Crippen LogP contribution in [0.25, 0.3) is 0 Å². The zero-order valence-electron chi connectivity index (χ0n) is 17.5. The van der Waals surface area contributed by atoms with Gasteiger partial charge in [0.1, 0.15) is 5.78 Å². The zero-order chi connectivity index (χ0) is 20.5. The summed E-state index contributed by atoms with van der Waals surface area (Å²) in [6.45, 7) is 9.48. The Morgan fingerprint density at radius 3 is 0.964 bits per heavy atom. The van der Waals surface area contributed by atoms with Crippen LogP contribution in [0, 0.1) is 0 Å². The first-order valence-electron chi connectivity index (χ1n) is 9.80. The summed E-state index contributed by atoms with van der Waals surface area (Å²) in [6, 6.07) is 0. The van der Waals surface area contributed by atoms with Gasteiger partial charge in [0.05, 0.1) is 99.1 Å². The third-order valence-corrected chi connectivity index (χ3v) is 3.26. The molecule has 0 aromatic carbocycles. The monoisotopic (exact) mass is 410 g/mol. The highest BCUT2D eigenvalue weighted by Crippen LogP contribution is 1.87. The van der Waals surface area contributed by atoms with Crippen LogP contribution in [0.15, 0.2) is 0 Å². The number of Topliss-reactive ketones (excluding diaryl/α,β-unsaturated/α-hetero) is 1. The lowest BCUT2D eigenvalue weighted by Crippen LogP contribution is -2.15. The van der Waals surface area contributed by atoms with Crippen LogP contribution >= 0.6 is 0 Å². The maximum Gasteiger partial charge on any atom is 0.132 e. The predicted octanol–water partition coefficient (Wildman–Crippen LogP) is 0.728. The van der Waals surface area contributed by atoms with Gasteiger partial charge in [-0.05, 0) is 6.92 Å². The fourth-order valence-electron chi connectivity index (χ4n) is 1.78. The third kappa shape index (κ3) is 25.4. The molecule has 0 atom stereocenters. The van der Waals surface area contributed by atoms with Gasteiger partial charge in [-0.25, -0.2) is 0 Å². The topological polar surface area (TPSA) is 90.9 Å². The molecule has 0 N–H and O–H groups in total. The van der Waals surface area contributed by atoms with Crippen molar-refractivity contribution in [3.05, 3.63) is 0 Å². The van der Waals surface area contributed by atoms with Gasteiger partial charge < -0.3 is 37.9 Å². The van der Waals surface area contributed by atoms with Crippen molar-refractivity contribution in [2.75, 3.05) is 106 Å². The minimum absolute atomic E-state index is 0.132. The summed E-state index contributed by atoms with van der Waals surface area (Å²) in [6.07, 6.45) is 0.451. The SMILES string of the molecule is COCCOCCOCCOCCOCCOCCOCCOCCC(C)=O. The van der Waals surface area contributed by atoms with Gasteiger partial charge in [0.25, 0.3) is 0 Å². The molecule has 28 heavy (non-hydrogen) atoms. The normalized spacial score (nSPS) is 11.2. The lowest BCUT2D eigenvalue weighted by atomic mass is 10.3. The fraction of sp³-hybridized carbons (Fsp3) is 0.947. The van der Waals surface area contributed by atoms with Gasteiger partial charge in [-0.2, -0.15) is 0 Å². The highest BCUT2D eigenvalue weighted by Gasteiger charge is 1.95. The summed E-state index contributed by atoms with van der Waals surface area (Å²) in [5, 5.41) is 0. The van der Waals surface area contributed by atoms with Crippen molar-refractivity contribution in [3.8, 4) is 0 Å². The number of ether oxygens (including phenoxy) is 8. The summed E-state index contributed by atoms with van der Waals surface area (Å²) < 4.78 is 42.3. The molecule has 0 spiro atoms. The molecule has 0 saturated carbocycles. The van der Waals surface area contributed by atoms with E-state index in [0.717, 1.165) is 0 Å². The van der Waals surface area contributed by atoms with Crippen LogP contribution in [-0.2, 0) is 42.7 Å². The Balaban J connectivity index is 2.99. The molecule has 9 nitrogen and oxygen atoms in total. The Hall–Kier alpha value is -0.650. The number of methoxy groups -OCH3 is 1. The molecule has 0 fully saturated rings. The van der Waals surface area contributed by atoms with Gasteiger partial charge in [0.2, 0.25) is 0 Å². The van der Waals surface area contributed by atoms with Gasteiger partial charge in [-0.3, -0.25) is 4.79 Å². The van der Waals surface area contributed by atoms with E-state index in [0.29, 0.717) is 106 Å². The lowest BCUT2D eigenvalue weighted by Gasteiger charge is -2.08. The Kier molecular flexibility index (Phi) is 23.8. The second-order valence-corrected chi connectivity index (χ2v) is 5.73. The predicted molar refractivity (Wildman–Crippen MR) is 103 cm³/mol. The molecule has 0 radical (unpaired) electrons. The van der Waals surface area contributed by atoms with E-state index < -0.39 is 0 Å². The molecule has 0 rings (SSSR count). The average molecular weight is 411 g/mol. The Morgan fingerprint density at radius 2 is 0.714 bits per heavy atom. The maximum absolute atomic E-state index is 10.7. The number of ketones is 1. The first-order chi connectivity index (χ1) is 13.8. The molecule has 0 aliphatic heterocycles. The summed E-state index contributed by atoms with van der Waals surface area (Å²) in [5.74, 6) is 0.132. The molecule has 0 aliphatic rings. The number of rotatable bonds is 24. The summed E-state index contributed by atoms with van der Waals surface area (Å²) >= 11 is 0. The number of carbonyl (C=O) groups is 1. The van der Waals surface area contributed by atoms with Gasteiger partial charge in [0.15, 0.2) is 0 Å². The van der Waals surface area contributed by atoms with Crippen molar-refractivity contribution in [1.29, 1.82) is 0 Å². The molecule has 0 heterocycles. The number of carbonyl (C=O) groups excluding carboxylic acids is 1. The highest BCUT2D eigenvalue weighted by molar-refractivity contribution is 5.75. The second kappa shape index (κ2) is 24.4. The fourth-order valence-corrected chi connectivity index (χ4v) is 1.78. The molecule has 168 valence electrons. The van der Waals surface area contributed by atoms with Crippen LogP contribution in [0.3, 0.4) is 0 Å². The smallest absolute Gasteiger partial charge is 0.132 e. The first kappa shape index (κ1) is 27.4. The minimum Gasteiger partial charge on any atom is -0.382 e. The van der Waals surface area contributed by atoms with Crippen molar-refractivity contribution in [3.63, 3.8) is 0 Å². The van der Waals surface area contributed by atoms with Crippen molar-refractivity contribution < 1.29 is 42.7 Å². The van der Waals surface area contributed by atoms with E-state index in [2.05, 4.69) is 0 Å². The molecular formula is C19H38O9. The second-order valence-electron chi connectivity index (χ2n) is 5.73. The van der Waals surface area contributed by atoms with Crippen LogP contribution in [0.2, 0.25) is 0 Å². The molecule has 0 saturated heterocycles. The standard InChI is InChI=1S/C19H38O9/c1-19(20)3-4-22-7-8-24-11-12-26-15-16-28-18-17-27-14-13-25-10-9-23-6-5-21-2/h3-18H2,1-2H3. The maximum atomic E-state index is 10.7. The van der Waals surface area contributed by atoms with Crippen LogP contribution < -0.4 is 0 Å². The summed E-state index contributed by atoms with van der Waals surface area (Å²) in [7, 11) is 1.64. The summed E-state index contributed by atoms with van der Waals surface area (Å²) in [5.41, 5.74) is 0. The quantitative estimate of drug-likeness (QED) is 0.214. The van der Waals surface area contributed by atoms with Crippen LogP contribution in [0.1, 0.15) is 13.3 Å². The van der Waals surface area contributed by atoms with Gasteiger partial charge in [-0.1, -0.05) is 0 Å². The van der Waals surface area contributed by atoms with Crippen LogP contribution in [0.4, 0.5) is 0 Å². The van der Waals surface area contributed by atoms with E-state index in [1.807, 2.05) is 0 Å². The molecule has 0 aliphatic carbocycles. The Morgan fingerprint density at radius 1 is 0.464 bits per heavy atom. The lowest BCUT2D eigenvalue weighted by molar-refractivity contribution is -0.118. The molecule has 9 heteroatoms. The molecular weight excluding hydrogens is 372 g/mol. The molecule has 0 aromatic heterocycles. The van der Waals surface area contributed by atoms with E-state index in [1.165, 1.54) is 0 Å². The van der Waals surface area contributed by atoms with Gasteiger partial charge >= 0.3 is 0 Å². The van der Waals surface area contributed by atoms with Gasteiger partial charge in [-0.15, -0.1) is 0 Å². The highest BCUT2D eigenvalue weighted by atomic mass is 16.6. The molecule has 0 amide bonds. The van der Waals surface area contributed by atoms with Crippen molar-refractivity contribution in [2.45, 2.75) is 13.3 Å². The van der Waals surface area contributed by atoms with E-state index >= 15 is 0 Å². The number of hydrogen-bond donors (Lipinski definition) is 0. The third-order valence-electron chi connectivity index (χ3n) is 3.26. The summed E-state index contributed by atoms with van der Waals surface area (Å²) in [4.78, 5) is 10.7. The van der Waals surface area contributed by atoms with Crippen molar-refractivity contribution >= 4 is 5.78 Å². The molecule has 0 bridgehead atoms. The van der Waals surface area contributed by atoms with Crippen LogP contribution in [-0.4, -0.2) is 112 Å². The first-order valence-corrected chi connectivity index (χ1v) is 9.80. The van der Waals surface area contributed by atoms with E-state index in [4.69, 9.17) is 37.9 Å². The Labute approximate surface area is 168 Å². The van der Waals surface area contributed by atoms with E-state index in [1.54, 1.807) is 14.0 Å². The number of hydrogen-bond acceptors (Lipinski definition) is 9. The van der Waals surface area contributed by atoms with E-state index in [-0.39, 0.29) is 5.78 Å². The average Bonchev–Trinajstić information content (AvgIpc) is 2.68. The Bertz CT molecular complexity index is 316. The van der Waals surface area contributed by atoms with Crippen molar-refractivity contribution in [2.24, 2.45) is 0 Å². The minimum atomic E-state index is 0.132. The van der Waals surface area contributed by atoms with E-state index in [9.17, 15) is 4.79 Å². The zero-order valence-corrected chi connectivity index (χ0v) is 17.5. The van der Waals surface area contributed by atoms with Crippen molar-refractivity contribution in [1.82, 2.24) is 0 Å².